The van der Waals surface area contributed by atoms with Gasteiger partial charge < -0.3 is 9.57 Å². The minimum Gasteiger partial charge on any atom is -0.457 e. The van der Waals surface area contributed by atoms with Crippen LogP contribution in [0.5, 0.6) is 0 Å². The van der Waals surface area contributed by atoms with E-state index < -0.39 is 11.9 Å². The summed E-state index contributed by atoms with van der Waals surface area (Å²) < 4.78 is 5.15. The number of esters is 1. The first-order valence-corrected chi connectivity index (χ1v) is 7.42. The van der Waals surface area contributed by atoms with Crippen LogP contribution in [0.25, 0.3) is 0 Å². The number of hydrogen-bond acceptors (Lipinski definition) is 5. The van der Waals surface area contributed by atoms with Gasteiger partial charge in [-0.05, 0) is 36.7 Å². The summed E-state index contributed by atoms with van der Waals surface area (Å²) in [4.78, 5) is 27.9. The molecule has 5 heteroatoms. The van der Waals surface area contributed by atoms with E-state index in [1.165, 1.54) is 0 Å². The average molecular weight is 303 g/mol. The summed E-state index contributed by atoms with van der Waals surface area (Å²) >= 11 is 0. The Labute approximate surface area is 130 Å². The van der Waals surface area contributed by atoms with Crippen molar-refractivity contribution in [2.24, 2.45) is 17.7 Å². The molecule has 0 aromatic heterocycles. The zero-order valence-corrected chi connectivity index (χ0v) is 12.7. The minimum atomic E-state index is -0.856. The fourth-order valence-corrected chi connectivity index (χ4v) is 2.66. The number of benzene rings is 1. The summed E-state index contributed by atoms with van der Waals surface area (Å²) in [5.74, 6) is 4.56. The molecule has 0 spiro atoms. The van der Waals surface area contributed by atoms with Crippen LogP contribution in [0.4, 0.5) is 0 Å². The lowest BCUT2D eigenvalue weighted by atomic mass is 9.74. The molecule has 1 saturated carbocycles. The maximum absolute atomic E-state index is 12.1. The van der Waals surface area contributed by atoms with Crippen molar-refractivity contribution < 1.29 is 19.2 Å². The van der Waals surface area contributed by atoms with Gasteiger partial charge in [0, 0.05) is 0 Å². The van der Waals surface area contributed by atoms with Crippen molar-refractivity contribution in [1.29, 1.82) is 0 Å². The summed E-state index contributed by atoms with van der Waals surface area (Å²) in [5.41, 5.74) is 0.724. The minimum absolute atomic E-state index is 0.106. The Hall–Kier alpha value is -2.14. The van der Waals surface area contributed by atoms with Crippen LogP contribution in [0.3, 0.4) is 0 Å². The molecule has 2 rings (SSSR count). The number of hydrogen-bond donors (Lipinski definition) is 1. The SMILES string of the molecule is CC1CC(C/C=C(\C(=O)ON)C(=O)OCc2ccccc2)C1. The number of nitrogens with two attached hydrogens (primary N) is 1. The normalized spacial score (nSPS) is 20.9. The van der Waals surface area contributed by atoms with Crippen molar-refractivity contribution in [2.45, 2.75) is 32.8 Å². The van der Waals surface area contributed by atoms with Crippen LogP contribution in [0.1, 0.15) is 31.7 Å². The van der Waals surface area contributed by atoms with Crippen LogP contribution in [0.15, 0.2) is 42.0 Å². The Morgan fingerprint density at radius 1 is 1.23 bits per heavy atom. The summed E-state index contributed by atoms with van der Waals surface area (Å²) in [7, 11) is 0. The van der Waals surface area contributed by atoms with Gasteiger partial charge in [-0.3, -0.25) is 0 Å². The molecule has 0 atom stereocenters. The summed E-state index contributed by atoms with van der Waals surface area (Å²) in [5, 5.41) is 0. The van der Waals surface area contributed by atoms with Crippen molar-refractivity contribution in [3.05, 3.63) is 47.5 Å². The third-order valence-corrected chi connectivity index (χ3v) is 3.89. The molecule has 22 heavy (non-hydrogen) atoms. The third kappa shape index (κ3) is 4.43. The lowest BCUT2D eigenvalue weighted by molar-refractivity contribution is -0.148. The van der Waals surface area contributed by atoms with Crippen molar-refractivity contribution >= 4 is 11.9 Å². The molecule has 2 N–H and O–H groups in total. The van der Waals surface area contributed by atoms with E-state index in [2.05, 4.69) is 11.8 Å². The van der Waals surface area contributed by atoms with Crippen molar-refractivity contribution in [2.75, 3.05) is 0 Å². The second kappa shape index (κ2) is 7.75. The van der Waals surface area contributed by atoms with Gasteiger partial charge in [-0.15, -0.1) is 0 Å². The molecule has 1 aromatic carbocycles. The van der Waals surface area contributed by atoms with Crippen LogP contribution in [0.2, 0.25) is 0 Å². The molecule has 0 unspecified atom stereocenters. The topological polar surface area (TPSA) is 78.6 Å². The molecule has 1 fully saturated rings. The lowest BCUT2D eigenvalue weighted by Gasteiger charge is -2.31. The first-order valence-electron chi connectivity index (χ1n) is 7.42. The highest BCUT2D eigenvalue weighted by molar-refractivity contribution is 6.13. The van der Waals surface area contributed by atoms with E-state index in [0.717, 1.165) is 18.4 Å². The van der Waals surface area contributed by atoms with Crippen LogP contribution in [-0.2, 0) is 25.8 Å². The van der Waals surface area contributed by atoms with Gasteiger partial charge in [0.05, 0.1) is 0 Å². The number of allylic oxidation sites excluding steroid dienone is 1. The molecule has 0 heterocycles. The molecule has 1 aliphatic rings. The molecule has 0 bridgehead atoms. The molecular formula is C17H21NO4. The van der Waals surface area contributed by atoms with Crippen LogP contribution >= 0.6 is 0 Å². The first-order chi connectivity index (χ1) is 10.6. The van der Waals surface area contributed by atoms with Crippen LogP contribution in [0, 0.1) is 11.8 Å². The van der Waals surface area contributed by atoms with E-state index >= 15 is 0 Å². The fraction of sp³-hybridized carbons (Fsp3) is 0.412. The van der Waals surface area contributed by atoms with Crippen molar-refractivity contribution in [3.8, 4) is 0 Å². The van der Waals surface area contributed by atoms with Gasteiger partial charge in [-0.1, -0.05) is 43.3 Å². The second-order valence-corrected chi connectivity index (χ2v) is 5.76. The van der Waals surface area contributed by atoms with Gasteiger partial charge in [0.15, 0.2) is 0 Å². The number of carbonyl (C=O) groups excluding carboxylic acids is 2. The van der Waals surface area contributed by atoms with Crippen molar-refractivity contribution in [1.82, 2.24) is 0 Å². The van der Waals surface area contributed by atoms with E-state index in [1.54, 1.807) is 6.08 Å². The van der Waals surface area contributed by atoms with E-state index in [0.29, 0.717) is 18.3 Å². The molecule has 0 aliphatic heterocycles. The molecule has 118 valence electrons. The van der Waals surface area contributed by atoms with Crippen molar-refractivity contribution in [3.63, 3.8) is 0 Å². The number of rotatable bonds is 6. The first kappa shape index (κ1) is 16.2. The maximum Gasteiger partial charge on any atom is 0.363 e. The van der Waals surface area contributed by atoms with Crippen LogP contribution < -0.4 is 5.90 Å². The van der Waals surface area contributed by atoms with Gasteiger partial charge in [0.2, 0.25) is 0 Å². The monoisotopic (exact) mass is 303 g/mol. The van der Waals surface area contributed by atoms with E-state index in [9.17, 15) is 9.59 Å². The Bertz CT molecular complexity index is 547. The molecule has 0 radical (unpaired) electrons. The van der Waals surface area contributed by atoms with Gasteiger partial charge >= 0.3 is 11.9 Å². The number of ether oxygens (including phenoxy) is 1. The van der Waals surface area contributed by atoms with E-state index in [1.807, 2.05) is 30.3 Å². The molecule has 1 aromatic rings. The van der Waals surface area contributed by atoms with Gasteiger partial charge in [0.1, 0.15) is 12.2 Å². The Balaban J connectivity index is 1.93. The standard InChI is InChI=1S/C17H21NO4/c1-12-9-14(10-12)7-8-15(17(20)22-18)16(19)21-11-13-5-3-2-4-6-13/h2-6,8,12,14H,7,9-11,18H2,1H3/b15-8-. The quantitative estimate of drug-likeness (QED) is 0.287. The zero-order chi connectivity index (χ0) is 15.9. The number of carbonyl (C=O) groups is 2. The summed E-state index contributed by atoms with van der Waals surface area (Å²) in [6.45, 7) is 2.29. The smallest absolute Gasteiger partial charge is 0.363 e. The summed E-state index contributed by atoms with van der Waals surface area (Å²) in [6, 6.07) is 9.26. The van der Waals surface area contributed by atoms with Crippen LogP contribution in [-0.4, -0.2) is 11.9 Å². The van der Waals surface area contributed by atoms with E-state index in [-0.39, 0.29) is 12.2 Å². The molecule has 0 saturated heterocycles. The fourth-order valence-electron chi connectivity index (χ4n) is 2.66. The van der Waals surface area contributed by atoms with Gasteiger partial charge in [-0.2, -0.15) is 5.90 Å². The lowest BCUT2D eigenvalue weighted by Crippen LogP contribution is -2.23. The zero-order valence-electron chi connectivity index (χ0n) is 12.7. The molecule has 1 aliphatic carbocycles. The van der Waals surface area contributed by atoms with E-state index in [4.69, 9.17) is 10.6 Å². The molecular weight excluding hydrogens is 282 g/mol. The van der Waals surface area contributed by atoms with Gasteiger partial charge in [0.25, 0.3) is 0 Å². The Morgan fingerprint density at radius 3 is 2.50 bits per heavy atom. The second-order valence-electron chi connectivity index (χ2n) is 5.76. The maximum atomic E-state index is 12.1. The summed E-state index contributed by atoms with van der Waals surface area (Å²) in [6.07, 6.45) is 4.47. The predicted molar refractivity (Wildman–Crippen MR) is 81.1 cm³/mol. The molecule has 0 amide bonds. The third-order valence-electron chi connectivity index (χ3n) is 3.89. The predicted octanol–water partition coefficient (Wildman–Crippen LogP) is 2.51. The average Bonchev–Trinajstić information content (AvgIpc) is 2.51. The Kier molecular flexibility index (Phi) is 5.72. The highest BCUT2D eigenvalue weighted by Gasteiger charge is 2.26. The molecule has 5 nitrogen and oxygen atoms in total. The Morgan fingerprint density at radius 2 is 1.91 bits per heavy atom. The highest BCUT2D eigenvalue weighted by Crippen LogP contribution is 2.35. The largest absolute Gasteiger partial charge is 0.457 e. The van der Waals surface area contributed by atoms with Gasteiger partial charge in [-0.25, -0.2) is 9.59 Å². The highest BCUT2D eigenvalue weighted by atomic mass is 16.7.